The molecule has 2 saturated heterocycles. The van der Waals surface area contributed by atoms with E-state index in [0.717, 1.165) is 31.4 Å². The molecule has 0 saturated carbocycles. The number of amides is 1. The Morgan fingerprint density at radius 3 is 2.84 bits per heavy atom. The summed E-state index contributed by atoms with van der Waals surface area (Å²) < 4.78 is 12.0. The van der Waals surface area contributed by atoms with Gasteiger partial charge in [0.05, 0.1) is 12.0 Å². The van der Waals surface area contributed by atoms with Crippen molar-refractivity contribution in [3.63, 3.8) is 0 Å². The fraction of sp³-hybridized carbons (Fsp3) is 0.526. The second-order valence-corrected chi connectivity index (χ2v) is 6.69. The molecule has 0 spiro atoms. The van der Waals surface area contributed by atoms with Crippen LogP contribution in [0.15, 0.2) is 34.7 Å². The number of rotatable bonds is 5. The Morgan fingerprint density at radius 2 is 2.12 bits per heavy atom. The highest BCUT2D eigenvalue weighted by Gasteiger charge is 2.37. The minimum Gasteiger partial charge on any atom is -0.423 e. The zero-order chi connectivity index (χ0) is 17.2. The maximum Gasteiger partial charge on any atom is 0.238 e. The molecule has 2 aromatic rings. The van der Waals surface area contributed by atoms with Crippen molar-refractivity contribution in [3.05, 3.63) is 47.7 Å². The van der Waals surface area contributed by atoms with Crippen LogP contribution in [0.3, 0.4) is 0 Å². The van der Waals surface area contributed by atoms with Gasteiger partial charge in [-0.1, -0.05) is 37.3 Å². The van der Waals surface area contributed by atoms with Crippen LogP contribution >= 0.6 is 0 Å². The van der Waals surface area contributed by atoms with Gasteiger partial charge in [0.2, 0.25) is 17.7 Å². The van der Waals surface area contributed by atoms with Gasteiger partial charge in [-0.2, -0.15) is 0 Å². The van der Waals surface area contributed by atoms with Crippen LogP contribution in [0, 0.1) is 0 Å². The highest BCUT2D eigenvalue weighted by molar-refractivity contribution is 5.78. The summed E-state index contributed by atoms with van der Waals surface area (Å²) in [4.78, 5) is 13.9. The molecule has 0 aliphatic carbocycles. The highest BCUT2D eigenvalue weighted by atomic mass is 16.5. The molecule has 3 atom stereocenters. The first-order valence-electron chi connectivity index (χ1n) is 9.07. The van der Waals surface area contributed by atoms with Gasteiger partial charge in [0.25, 0.3) is 0 Å². The molecule has 1 aromatic heterocycles. The first-order valence-corrected chi connectivity index (χ1v) is 9.07. The van der Waals surface area contributed by atoms with Crippen molar-refractivity contribution in [2.24, 2.45) is 0 Å². The van der Waals surface area contributed by atoms with E-state index in [4.69, 9.17) is 9.15 Å². The van der Waals surface area contributed by atoms with E-state index in [0.29, 0.717) is 24.8 Å². The van der Waals surface area contributed by atoms with Gasteiger partial charge < -0.3 is 14.1 Å². The monoisotopic (exact) mass is 341 g/mol. The summed E-state index contributed by atoms with van der Waals surface area (Å²) in [7, 11) is 0. The fourth-order valence-electron chi connectivity index (χ4n) is 3.87. The summed E-state index contributed by atoms with van der Waals surface area (Å²) >= 11 is 0. The quantitative estimate of drug-likeness (QED) is 0.834. The van der Waals surface area contributed by atoms with Crippen LogP contribution in [0.1, 0.15) is 68.0 Å². The summed E-state index contributed by atoms with van der Waals surface area (Å²) in [6.07, 6.45) is 3.10. The Labute approximate surface area is 147 Å². The van der Waals surface area contributed by atoms with Crippen molar-refractivity contribution in [2.45, 2.75) is 50.7 Å². The third-order valence-electron chi connectivity index (χ3n) is 5.15. The molecule has 25 heavy (non-hydrogen) atoms. The molecule has 1 aromatic carbocycles. The SMILES string of the molecule is CCC(c1nnc([C@H]2CCO[C@@H]2c2ccccc2)o1)N1CCCC1=O. The van der Waals surface area contributed by atoms with Crippen molar-refractivity contribution >= 4 is 5.91 Å². The molecule has 2 fully saturated rings. The van der Waals surface area contributed by atoms with E-state index < -0.39 is 0 Å². The van der Waals surface area contributed by atoms with Crippen molar-refractivity contribution in [1.82, 2.24) is 15.1 Å². The number of hydrogen-bond acceptors (Lipinski definition) is 5. The minimum absolute atomic E-state index is 0.0528. The summed E-state index contributed by atoms with van der Waals surface area (Å²) in [5.74, 6) is 1.41. The molecule has 1 unspecified atom stereocenters. The molecule has 0 bridgehead atoms. The number of aromatic nitrogens is 2. The molecule has 3 heterocycles. The molecule has 132 valence electrons. The maximum atomic E-state index is 12.1. The van der Waals surface area contributed by atoms with Gasteiger partial charge in [0.15, 0.2) is 0 Å². The van der Waals surface area contributed by atoms with Crippen molar-refractivity contribution in [1.29, 1.82) is 0 Å². The lowest BCUT2D eigenvalue weighted by molar-refractivity contribution is -0.130. The Bertz CT molecular complexity index is 731. The maximum absolute atomic E-state index is 12.1. The number of nitrogens with zero attached hydrogens (tertiary/aromatic N) is 3. The first-order chi connectivity index (χ1) is 12.3. The Hall–Kier alpha value is -2.21. The molecule has 1 amide bonds. The number of ether oxygens (including phenoxy) is 1. The lowest BCUT2D eigenvalue weighted by Crippen LogP contribution is -2.29. The molecular weight excluding hydrogens is 318 g/mol. The van der Waals surface area contributed by atoms with Gasteiger partial charge in [0.1, 0.15) is 6.04 Å². The van der Waals surface area contributed by atoms with Gasteiger partial charge >= 0.3 is 0 Å². The highest BCUT2D eigenvalue weighted by Crippen LogP contribution is 2.41. The lowest BCUT2D eigenvalue weighted by Gasteiger charge is -2.23. The molecule has 0 N–H and O–H groups in total. The molecule has 6 nitrogen and oxygen atoms in total. The Kier molecular flexibility index (Phi) is 4.53. The molecule has 2 aliphatic heterocycles. The van der Waals surface area contributed by atoms with Crippen LogP contribution in [0.4, 0.5) is 0 Å². The van der Waals surface area contributed by atoms with E-state index in [1.165, 1.54) is 0 Å². The van der Waals surface area contributed by atoms with Gasteiger partial charge in [-0.25, -0.2) is 0 Å². The van der Waals surface area contributed by atoms with Crippen LogP contribution in [0.25, 0.3) is 0 Å². The first kappa shape index (κ1) is 16.3. The predicted octanol–water partition coefficient (Wildman–Crippen LogP) is 3.39. The Balaban J connectivity index is 1.57. The lowest BCUT2D eigenvalue weighted by atomic mass is 9.95. The van der Waals surface area contributed by atoms with E-state index in [1.54, 1.807) is 0 Å². The van der Waals surface area contributed by atoms with E-state index >= 15 is 0 Å². The topological polar surface area (TPSA) is 68.5 Å². The van der Waals surface area contributed by atoms with Crippen LogP contribution in [-0.2, 0) is 9.53 Å². The largest absolute Gasteiger partial charge is 0.423 e. The van der Waals surface area contributed by atoms with Crippen LogP contribution in [0.5, 0.6) is 0 Å². The normalized spacial score (nSPS) is 24.8. The smallest absolute Gasteiger partial charge is 0.238 e. The fourth-order valence-corrected chi connectivity index (χ4v) is 3.87. The predicted molar refractivity (Wildman–Crippen MR) is 90.8 cm³/mol. The Morgan fingerprint density at radius 1 is 1.28 bits per heavy atom. The average molecular weight is 341 g/mol. The van der Waals surface area contributed by atoms with Crippen molar-refractivity contribution in [2.75, 3.05) is 13.2 Å². The summed E-state index contributed by atoms with van der Waals surface area (Å²) in [6, 6.07) is 10.0. The van der Waals surface area contributed by atoms with Gasteiger partial charge in [-0.15, -0.1) is 10.2 Å². The zero-order valence-electron chi connectivity index (χ0n) is 14.4. The van der Waals surface area contributed by atoms with Crippen LogP contribution < -0.4 is 0 Å². The van der Waals surface area contributed by atoms with Crippen molar-refractivity contribution < 1.29 is 13.9 Å². The van der Waals surface area contributed by atoms with Crippen molar-refractivity contribution in [3.8, 4) is 0 Å². The molecule has 4 rings (SSSR count). The summed E-state index contributed by atoms with van der Waals surface area (Å²) in [5.41, 5.74) is 1.13. The minimum atomic E-state index is -0.117. The number of carbonyl (C=O) groups is 1. The van der Waals surface area contributed by atoms with E-state index in [2.05, 4.69) is 22.3 Å². The average Bonchev–Trinajstić information content (AvgIpc) is 3.37. The van der Waals surface area contributed by atoms with E-state index in [-0.39, 0.29) is 24.0 Å². The van der Waals surface area contributed by atoms with E-state index in [1.807, 2.05) is 30.0 Å². The summed E-state index contributed by atoms with van der Waals surface area (Å²) in [6.45, 7) is 3.50. The van der Waals surface area contributed by atoms with Crippen LogP contribution in [-0.4, -0.2) is 34.2 Å². The number of hydrogen-bond donors (Lipinski definition) is 0. The van der Waals surface area contributed by atoms with Crippen LogP contribution in [0.2, 0.25) is 0 Å². The standard InChI is InChI=1S/C19H23N3O3/c1-2-15(22-11-6-9-16(22)23)19-21-20-18(25-19)14-10-12-24-17(14)13-7-4-3-5-8-13/h3-5,7-8,14-15,17H,2,6,9-12H2,1H3/t14-,15?,17+/m0/s1. The van der Waals surface area contributed by atoms with Gasteiger partial charge in [-0.05, 0) is 24.8 Å². The molecular formula is C19H23N3O3. The number of carbonyl (C=O) groups excluding carboxylic acids is 1. The third kappa shape index (κ3) is 3.06. The number of likely N-dealkylation sites (tertiary alicyclic amines) is 1. The van der Waals surface area contributed by atoms with Gasteiger partial charge in [-0.3, -0.25) is 4.79 Å². The molecule has 0 radical (unpaired) electrons. The molecule has 2 aliphatic rings. The van der Waals surface area contributed by atoms with Gasteiger partial charge in [0, 0.05) is 19.6 Å². The second-order valence-electron chi connectivity index (χ2n) is 6.69. The molecule has 6 heteroatoms. The third-order valence-corrected chi connectivity index (χ3v) is 5.15. The number of benzene rings is 1. The summed E-state index contributed by atoms with van der Waals surface area (Å²) in [5, 5.41) is 8.58. The zero-order valence-corrected chi connectivity index (χ0v) is 14.4. The van der Waals surface area contributed by atoms with E-state index in [9.17, 15) is 4.79 Å². The second kappa shape index (κ2) is 6.96.